The molecule has 1 heterocycles. The first-order chi connectivity index (χ1) is 9.56. The average molecular weight is 276 g/mol. The van der Waals surface area contributed by atoms with Gasteiger partial charge in [-0.1, -0.05) is 20.3 Å². The smallest absolute Gasteiger partial charge is 0.148 e. The molecule has 110 valence electrons. The van der Waals surface area contributed by atoms with E-state index < -0.39 is 0 Å². The number of nitrogens with zero attached hydrogens (tertiary/aromatic N) is 1. The van der Waals surface area contributed by atoms with Crippen molar-refractivity contribution >= 4 is 11.4 Å². The Labute approximate surface area is 121 Å². The van der Waals surface area contributed by atoms with Gasteiger partial charge in [-0.2, -0.15) is 0 Å². The lowest BCUT2D eigenvalue weighted by molar-refractivity contribution is 0.350. The third kappa shape index (κ3) is 2.63. The van der Waals surface area contributed by atoms with E-state index in [0.29, 0.717) is 11.5 Å². The summed E-state index contributed by atoms with van der Waals surface area (Å²) in [4.78, 5) is 2.15. The third-order valence-electron chi connectivity index (χ3n) is 4.99. The van der Waals surface area contributed by atoms with Crippen LogP contribution in [-0.2, 0) is 0 Å². The van der Waals surface area contributed by atoms with E-state index in [9.17, 15) is 4.39 Å². The molecule has 3 heteroatoms. The van der Waals surface area contributed by atoms with Gasteiger partial charge in [-0.15, -0.1) is 0 Å². The Hall–Kier alpha value is -1.25. The van der Waals surface area contributed by atoms with Crippen LogP contribution in [0.3, 0.4) is 0 Å². The van der Waals surface area contributed by atoms with Gasteiger partial charge >= 0.3 is 0 Å². The summed E-state index contributed by atoms with van der Waals surface area (Å²) in [7, 11) is 0. The number of hydrogen-bond acceptors (Lipinski definition) is 2. The molecule has 0 radical (unpaired) electrons. The molecule has 1 aliphatic heterocycles. The zero-order chi connectivity index (χ0) is 14.2. The topological polar surface area (TPSA) is 15.3 Å². The van der Waals surface area contributed by atoms with Crippen molar-refractivity contribution in [2.45, 2.75) is 52.0 Å². The average Bonchev–Trinajstić information content (AvgIpc) is 3.01. The van der Waals surface area contributed by atoms with E-state index in [-0.39, 0.29) is 5.82 Å². The van der Waals surface area contributed by atoms with Crippen molar-refractivity contribution in [3.05, 3.63) is 24.0 Å². The Morgan fingerprint density at radius 1 is 1.20 bits per heavy atom. The summed E-state index contributed by atoms with van der Waals surface area (Å²) in [6.45, 7) is 6.57. The Balaban J connectivity index is 1.73. The van der Waals surface area contributed by atoms with Crippen molar-refractivity contribution in [2.24, 2.45) is 5.41 Å². The maximum absolute atomic E-state index is 14.3. The van der Waals surface area contributed by atoms with Crippen molar-refractivity contribution in [2.75, 3.05) is 23.3 Å². The number of halogens is 1. The Bertz CT molecular complexity index is 478. The first-order valence-corrected chi connectivity index (χ1v) is 7.87. The van der Waals surface area contributed by atoms with Crippen LogP contribution in [-0.4, -0.2) is 19.1 Å². The van der Waals surface area contributed by atoms with Crippen LogP contribution in [0.5, 0.6) is 0 Å². The van der Waals surface area contributed by atoms with Gasteiger partial charge in [-0.3, -0.25) is 0 Å². The molecule has 2 fully saturated rings. The fourth-order valence-corrected chi connectivity index (χ4v) is 3.61. The molecular weight excluding hydrogens is 251 g/mol. The Morgan fingerprint density at radius 2 is 1.95 bits per heavy atom. The van der Waals surface area contributed by atoms with E-state index in [2.05, 4.69) is 24.1 Å². The van der Waals surface area contributed by atoms with Gasteiger partial charge in [-0.25, -0.2) is 4.39 Å². The van der Waals surface area contributed by atoms with Crippen LogP contribution in [0.1, 0.15) is 46.0 Å². The summed E-state index contributed by atoms with van der Waals surface area (Å²) >= 11 is 0. The number of hydrogen-bond donors (Lipinski definition) is 1. The zero-order valence-corrected chi connectivity index (χ0v) is 12.6. The van der Waals surface area contributed by atoms with E-state index in [1.54, 1.807) is 6.07 Å². The second kappa shape index (κ2) is 5.27. The summed E-state index contributed by atoms with van der Waals surface area (Å²) in [5.74, 6) is -0.0901. The van der Waals surface area contributed by atoms with Crippen LogP contribution in [0.2, 0.25) is 0 Å². The molecule has 0 amide bonds. The molecule has 20 heavy (non-hydrogen) atoms. The molecule has 0 spiro atoms. The highest BCUT2D eigenvalue weighted by atomic mass is 19.1. The predicted molar refractivity (Wildman–Crippen MR) is 82.9 cm³/mol. The van der Waals surface area contributed by atoms with Crippen LogP contribution < -0.4 is 10.2 Å². The SMILES string of the molecule is CC1(C)CCCC1Nc1ccc(N2CCCC2)c(F)c1. The molecule has 1 aromatic rings. The quantitative estimate of drug-likeness (QED) is 0.879. The van der Waals surface area contributed by atoms with Crippen LogP contribution in [0.15, 0.2) is 18.2 Å². The predicted octanol–water partition coefficient (Wildman–Crippen LogP) is 4.42. The van der Waals surface area contributed by atoms with Gasteiger partial charge < -0.3 is 10.2 Å². The number of anilines is 2. The van der Waals surface area contributed by atoms with Crippen LogP contribution in [0.25, 0.3) is 0 Å². The molecule has 2 nitrogen and oxygen atoms in total. The van der Waals surface area contributed by atoms with Crippen LogP contribution in [0.4, 0.5) is 15.8 Å². The van der Waals surface area contributed by atoms with Crippen LogP contribution >= 0.6 is 0 Å². The minimum atomic E-state index is -0.0901. The van der Waals surface area contributed by atoms with Crippen LogP contribution in [0, 0.1) is 11.2 Å². The first kappa shape index (κ1) is 13.7. The lowest BCUT2D eigenvalue weighted by atomic mass is 9.87. The summed E-state index contributed by atoms with van der Waals surface area (Å²) in [6, 6.07) is 6.09. The Kier molecular flexibility index (Phi) is 3.61. The highest BCUT2D eigenvalue weighted by molar-refractivity contribution is 5.57. The summed E-state index contributed by atoms with van der Waals surface area (Å²) < 4.78 is 14.3. The Morgan fingerprint density at radius 3 is 2.55 bits per heavy atom. The number of benzene rings is 1. The van der Waals surface area contributed by atoms with E-state index in [1.807, 2.05) is 12.1 Å². The highest BCUT2D eigenvalue weighted by Crippen LogP contribution is 2.39. The first-order valence-electron chi connectivity index (χ1n) is 7.87. The molecule has 0 aromatic heterocycles. The summed E-state index contributed by atoms with van der Waals surface area (Å²) in [5, 5.41) is 3.53. The van der Waals surface area contributed by atoms with Gasteiger partial charge in [0.15, 0.2) is 0 Å². The van der Waals surface area contributed by atoms with Gasteiger partial charge in [0.2, 0.25) is 0 Å². The van der Waals surface area contributed by atoms with Gasteiger partial charge in [0.1, 0.15) is 5.82 Å². The molecule has 1 saturated carbocycles. The van der Waals surface area contributed by atoms with Gasteiger partial charge in [0.05, 0.1) is 5.69 Å². The monoisotopic (exact) mass is 276 g/mol. The fourth-order valence-electron chi connectivity index (χ4n) is 3.61. The van der Waals surface area contributed by atoms with Crippen molar-refractivity contribution < 1.29 is 4.39 Å². The third-order valence-corrected chi connectivity index (χ3v) is 4.99. The van der Waals surface area contributed by atoms with E-state index >= 15 is 0 Å². The zero-order valence-electron chi connectivity index (χ0n) is 12.6. The number of rotatable bonds is 3. The van der Waals surface area contributed by atoms with Crippen molar-refractivity contribution in [1.82, 2.24) is 0 Å². The molecule has 1 unspecified atom stereocenters. The second-order valence-corrected chi connectivity index (χ2v) is 6.94. The molecule has 1 aliphatic carbocycles. The van der Waals surface area contributed by atoms with E-state index in [4.69, 9.17) is 0 Å². The van der Waals surface area contributed by atoms with Crippen molar-refractivity contribution in [3.63, 3.8) is 0 Å². The van der Waals surface area contributed by atoms with E-state index in [1.165, 1.54) is 32.1 Å². The standard InChI is InChI=1S/C17H25FN2/c1-17(2)9-5-6-16(17)19-13-7-8-15(14(18)12-13)20-10-3-4-11-20/h7-8,12,16,19H,3-6,9-11H2,1-2H3. The van der Waals surface area contributed by atoms with Gasteiger partial charge in [0, 0.05) is 24.8 Å². The van der Waals surface area contributed by atoms with Gasteiger partial charge in [0.25, 0.3) is 0 Å². The lowest BCUT2D eigenvalue weighted by Crippen LogP contribution is -2.30. The highest BCUT2D eigenvalue weighted by Gasteiger charge is 2.34. The largest absolute Gasteiger partial charge is 0.382 e. The maximum Gasteiger partial charge on any atom is 0.148 e. The second-order valence-electron chi connectivity index (χ2n) is 6.94. The molecule has 1 N–H and O–H groups in total. The van der Waals surface area contributed by atoms with Crippen molar-refractivity contribution in [3.8, 4) is 0 Å². The normalized spacial score (nSPS) is 25.1. The summed E-state index contributed by atoms with van der Waals surface area (Å²) in [5.41, 5.74) is 1.99. The molecule has 1 aromatic carbocycles. The minimum Gasteiger partial charge on any atom is -0.382 e. The minimum absolute atomic E-state index is 0.0901. The molecule has 3 rings (SSSR count). The molecular formula is C17H25FN2. The molecule has 1 saturated heterocycles. The number of nitrogens with one attached hydrogen (secondary N) is 1. The van der Waals surface area contributed by atoms with E-state index in [0.717, 1.165) is 24.5 Å². The summed E-state index contributed by atoms with van der Waals surface area (Å²) in [6.07, 6.45) is 6.05. The van der Waals surface area contributed by atoms with Crippen molar-refractivity contribution in [1.29, 1.82) is 0 Å². The lowest BCUT2D eigenvalue weighted by Gasteiger charge is -2.29. The molecule has 2 aliphatic rings. The maximum atomic E-state index is 14.3. The molecule has 1 atom stereocenters. The van der Waals surface area contributed by atoms with Gasteiger partial charge in [-0.05, 0) is 49.3 Å². The fraction of sp³-hybridized carbons (Fsp3) is 0.647. The molecule has 0 bridgehead atoms.